The topological polar surface area (TPSA) is 96.7 Å². The maximum Gasteiger partial charge on any atom is 0.305 e. The van der Waals surface area contributed by atoms with Crippen molar-refractivity contribution in [2.75, 3.05) is 13.2 Å². The van der Waals surface area contributed by atoms with Gasteiger partial charge in [-0.25, -0.2) is 0 Å². The molecule has 3 heterocycles. The highest BCUT2D eigenvalue weighted by molar-refractivity contribution is 8.24. The van der Waals surface area contributed by atoms with Gasteiger partial charge in [0.15, 0.2) is 0 Å². The van der Waals surface area contributed by atoms with Crippen molar-refractivity contribution in [2.45, 2.75) is 43.1 Å². The second-order valence-electron chi connectivity index (χ2n) is 8.50. The highest BCUT2D eigenvalue weighted by Gasteiger charge is 2.60. The van der Waals surface area contributed by atoms with Crippen molar-refractivity contribution in [3.63, 3.8) is 0 Å². The lowest BCUT2D eigenvalue weighted by molar-refractivity contribution is -0.144. The molecule has 2 bridgehead atoms. The second kappa shape index (κ2) is 9.75. The fraction of sp³-hybridized carbons (Fsp3) is 0.458. The number of ether oxygens (including phenoxy) is 2. The van der Waals surface area contributed by atoms with Gasteiger partial charge in [-0.15, -0.1) is 0 Å². The van der Waals surface area contributed by atoms with Crippen molar-refractivity contribution < 1.29 is 23.9 Å². The summed E-state index contributed by atoms with van der Waals surface area (Å²) in [5, 5.41) is 9.62. The maximum absolute atomic E-state index is 12.6. The van der Waals surface area contributed by atoms with Crippen LogP contribution in [-0.2, 0) is 23.9 Å². The molecule has 0 aliphatic carbocycles. The highest BCUT2D eigenvalue weighted by atomic mass is 32.2. The molecule has 7 nitrogen and oxygen atoms in total. The molecule has 1 aromatic carbocycles. The van der Waals surface area contributed by atoms with Crippen LogP contribution in [0.5, 0.6) is 0 Å². The number of nitriles is 1. The molecule has 3 aliphatic rings. The normalized spacial score (nSPS) is 26.7. The Balaban J connectivity index is 1.18. The molecular formula is C24H24N2O5S2. The number of thiocarbonyl (C=S) groups is 1. The third kappa shape index (κ3) is 4.88. The number of imide groups is 1. The van der Waals surface area contributed by atoms with Gasteiger partial charge in [-0.1, -0.05) is 66.5 Å². The first-order valence-corrected chi connectivity index (χ1v) is 12.1. The number of benzene rings is 1. The van der Waals surface area contributed by atoms with Gasteiger partial charge in [-0.2, -0.15) is 5.26 Å². The number of carbonyl (C=O) groups excluding carboxylic acids is 3. The zero-order valence-corrected chi connectivity index (χ0v) is 19.8. The number of likely N-dealkylation sites (tertiary alicyclic amines) is 1. The van der Waals surface area contributed by atoms with Gasteiger partial charge in [-0.05, 0) is 25.3 Å². The van der Waals surface area contributed by atoms with Gasteiger partial charge >= 0.3 is 5.97 Å². The molecule has 2 fully saturated rings. The number of nitrogens with zero attached hydrogens (tertiary/aromatic N) is 2. The molecule has 5 atom stereocenters. The lowest BCUT2D eigenvalue weighted by Crippen LogP contribution is -2.35. The Morgan fingerprint density at radius 2 is 1.85 bits per heavy atom. The summed E-state index contributed by atoms with van der Waals surface area (Å²) in [5.74, 6) is -1.67. The lowest BCUT2D eigenvalue weighted by atomic mass is 9.85. The fourth-order valence-electron chi connectivity index (χ4n) is 4.37. The van der Waals surface area contributed by atoms with Crippen molar-refractivity contribution in [1.29, 1.82) is 5.26 Å². The summed E-state index contributed by atoms with van der Waals surface area (Å²) in [7, 11) is 0. The minimum Gasteiger partial charge on any atom is -0.466 e. The SMILES string of the molecule is CC(C#N)(CCC(=O)OCCCN1C(=O)C2C3C=CC(O3)C2C1=O)SC(=S)c1ccccc1. The Morgan fingerprint density at radius 1 is 1.21 bits per heavy atom. The van der Waals surface area contributed by atoms with E-state index in [0.717, 1.165) is 5.56 Å². The number of rotatable bonds is 9. The average molecular weight is 485 g/mol. The van der Waals surface area contributed by atoms with E-state index in [1.54, 1.807) is 6.92 Å². The molecule has 2 amide bonds. The summed E-state index contributed by atoms with van der Waals surface area (Å²) in [5.41, 5.74) is 0.868. The third-order valence-corrected chi connectivity index (χ3v) is 7.81. The number of esters is 1. The molecule has 9 heteroatoms. The van der Waals surface area contributed by atoms with E-state index < -0.39 is 22.6 Å². The molecule has 0 aromatic heterocycles. The van der Waals surface area contributed by atoms with Crippen LogP contribution in [-0.4, -0.2) is 57.0 Å². The molecule has 0 radical (unpaired) electrons. The number of hydrogen-bond acceptors (Lipinski definition) is 8. The number of carbonyl (C=O) groups is 3. The van der Waals surface area contributed by atoms with Gasteiger partial charge < -0.3 is 9.47 Å². The number of fused-ring (bicyclic) bond motifs is 5. The van der Waals surface area contributed by atoms with Gasteiger partial charge in [0.05, 0.1) is 40.9 Å². The molecule has 0 N–H and O–H groups in total. The first kappa shape index (κ1) is 23.6. The summed E-state index contributed by atoms with van der Waals surface area (Å²) in [6.07, 6.45) is 3.83. The van der Waals surface area contributed by atoms with Crippen molar-refractivity contribution >= 4 is 46.0 Å². The van der Waals surface area contributed by atoms with E-state index in [9.17, 15) is 19.6 Å². The number of hydrogen-bond donors (Lipinski definition) is 0. The van der Waals surface area contributed by atoms with E-state index in [1.807, 2.05) is 42.5 Å². The molecule has 33 heavy (non-hydrogen) atoms. The van der Waals surface area contributed by atoms with E-state index in [4.69, 9.17) is 21.7 Å². The Bertz CT molecular complexity index is 1010. The van der Waals surface area contributed by atoms with E-state index >= 15 is 0 Å². The average Bonchev–Trinajstić information content (AvgIpc) is 3.50. The van der Waals surface area contributed by atoms with Crippen LogP contribution in [0, 0.1) is 23.2 Å². The smallest absolute Gasteiger partial charge is 0.305 e. The van der Waals surface area contributed by atoms with Gasteiger partial charge in [0.1, 0.15) is 4.75 Å². The maximum atomic E-state index is 12.6. The predicted octanol–water partition coefficient (Wildman–Crippen LogP) is 3.03. The standard InChI is InChI=1S/C24H24N2O5S2/c1-24(14-25,33-23(32)15-6-3-2-4-7-15)11-10-18(27)30-13-5-12-26-21(28)19-16-8-9-17(31-16)20(19)22(26)29/h2-4,6-9,16-17,19-20H,5,10-13H2,1H3. The van der Waals surface area contributed by atoms with Crippen molar-refractivity contribution in [1.82, 2.24) is 4.90 Å². The largest absolute Gasteiger partial charge is 0.466 e. The highest BCUT2D eigenvalue weighted by Crippen LogP contribution is 2.45. The van der Waals surface area contributed by atoms with Crippen LogP contribution < -0.4 is 0 Å². The molecule has 5 unspecified atom stereocenters. The predicted molar refractivity (Wildman–Crippen MR) is 126 cm³/mol. The fourth-order valence-corrected chi connectivity index (χ4v) is 5.98. The monoisotopic (exact) mass is 484 g/mol. The third-order valence-electron chi connectivity index (χ3n) is 6.16. The molecule has 3 aliphatic heterocycles. The van der Waals surface area contributed by atoms with E-state index in [-0.39, 0.29) is 43.6 Å². The van der Waals surface area contributed by atoms with Crippen LogP contribution in [0.2, 0.25) is 0 Å². The second-order valence-corrected chi connectivity index (χ2v) is 10.7. The zero-order chi connectivity index (χ0) is 23.6. The van der Waals surface area contributed by atoms with Gasteiger partial charge in [0.2, 0.25) is 11.8 Å². The Labute approximate surface area is 202 Å². The molecule has 172 valence electrons. The van der Waals surface area contributed by atoms with Crippen LogP contribution in [0.1, 0.15) is 31.7 Å². The summed E-state index contributed by atoms with van der Waals surface area (Å²) >= 11 is 6.71. The Hall–Kier alpha value is -2.54. The molecule has 1 aromatic rings. The molecular weight excluding hydrogens is 460 g/mol. The van der Waals surface area contributed by atoms with Crippen LogP contribution in [0.15, 0.2) is 42.5 Å². The Morgan fingerprint density at radius 3 is 2.45 bits per heavy atom. The molecule has 4 rings (SSSR count). The molecule has 0 saturated carbocycles. The summed E-state index contributed by atoms with van der Waals surface area (Å²) in [6, 6.07) is 11.7. The van der Waals surface area contributed by atoms with E-state index in [0.29, 0.717) is 17.0 Å². The van der Waals surface area contributed by atoms with E-state index in [2.05, 4.69) is 6.07 Å². The van der Waals surface area contributed by atoms with Crippen LogP contribution in [0.3, 0.4) is 0 Å². The summed E-state index contributed by atoms with van der Waals surface area (Å²) < 4.78 is 10.6. The van der Waals surface area contributed by atoms with E-state index in [1.165, 1.54) is 16.7 Å². The quantitative estimate of drug-likeness (QED) is 0.174. The van der Waals surface area contributed by atoms with Gasteiger partial charge in [-0.3, -0.25) is 19.3 Å². The minimum absolute atomic E-state index is 0.0759. The Kier molecular flexibility index (Phi) is 6.98. The lowest BCUT2D eigenvalue weighted by Gasteiger charge is -2.21. The number of amides is 2. The van der Waals surface area contributed by atoms with Gasteiger partial charge in [0.25, 0.3) is 0 Å². The minimum atomic E-state index is -0.854. The molecule has 2 saturated heterocycles. The van der Waals surface area contributed by atoms with Crippen LogP contribution in [0.25, 0.3) is 0 Å². The summed E-state index contributed by atoms with van der Waals surface area (Å²) in [6.45, 7) is 2.08. The zero-order valence-electron chi connectivity index (χ0n) is 18.1. The molecule has 0 spiro atoms. The summed E-state index contributed by atoms with van der Waals surface area (Å²) in [4.78, 5) is 38.6. The van der Waals surface area contributed by atoms with Crippen molar-refractivity contribution in [3.05, 3.63) is 48.0 Å². The first-order valence-electron chi connectivity index (χ1n) is 10.9. The van der Waals surface area contributed by atoms with Crippen LogP contribution >= 0.6 is 24.0 Å². The first-order chi connectivity index (χ1) is 15.8. The van der Waals surface area contributed by atoms with Crippen LogP contribution in [0.4, 0.5) is 0 Å². The van der Waals surface area contributed by atoms with Crippen molar-refractivity contribution in [2.24, 2.45) is 11.8 Å². The van der Waals surface area contributed by atoms with Crippen molar-refractivity contribution in [3.8, 4) is 6.07 Å². The van der Waals surface area contributed by atoms with Gasteiger partial charge in [0, 0.05) is 13.0 Å². The number of thioether (sulfide) groups is 1.